The predicted octanol–water partition coefficient (Wildman–Crippen LogP) is 3.89. The second kappa shape index (κ2) is 8.15. The zero-order chi connectivity index (χ0) is 19.4. The highest BCUT2D eigenvalue weighted by molar-refractivity contribution is 5.98. The molecule has 146 valence electrons. The van der Waals surface area contributed by atoms with E-state index in [2.05, 4.69) is 48.5 Å². The first kappa shape index (κ1) is 19.5. The van der Waals surface area contributed by atoms with Crippen molar-refractivity contribution >= 4 is 22.7 Å². The van der Waals surface area contributed by atoms with Crippen molar-refractivity contribution in [2.45, 2.75) is 58.3 Å². The number of carbonyl (C=O) groups is 2. The maximum absolute atomic E-state index is 12.4. The summed E-state index contributed by atoms with van der Waals surface area (Å²) in [6.07, 6.45) is 5.51. The number of nitrogens with one attached hydrogen (secondary N) is 3. The lowest BCUT2D eigenvalue weighted by Crippen LogP contribution is -2.38. The van der Waals surface area contributed by atoms with Gasteiger partial charge in [-0.1, -0.05) is 52.2 Å². The molecular formula is C22H31N3O2. The number of amides is 2. The molecule has 0 spiro atoms. The van der Waals surface area contributed by atoms with Gasteiger partial charge in [0.15, 0.2) is 0 Å². The van der Waals surface area contributed by atoms with Crippen molar-refractivity contribution in [1.82, 2.24) is 15.6 Å². The van der Waals surface area contributed by atoms with Gasteiger partial charge in [-0.25, -0.2) is 0 Å². The minimum absolute atomic E-state index is 0.0677. The number of hydrogen-bond acceptors (Lipinski definition) is 2. The van der Waals surface area contributed by atoms with Crippen LogP contribution in [-0.2, 0) is 10.2 Å². The average molecular weight is 370 g/mol. The predicted molar refractivity (Wildman–Crippen MR) is 109 cm³/mol. The number of aromatic nitrogens is 1. The van der Waals surface area contributed by atoms with Gasteiger partial charge in [0.1, 0.15) is 5.69 Å². The third-order valence-corrected chi connectivity index (χ3v) is 5.42. The van der Waals surface area contributed by atoms with E-state index in [4.69, 9.17) is 0 Å². The SMILES string of the molecule is CC(C)(C)c1ccc2cc(C(=O)NCCNC(=O)C3CCCCC3)[nH]c2c1. The Hall–Kier alpha value is -2.30. The maximum Gasteiger partial charge on any atom is 0.267 e. The molecule has 1 aromatic carbocycles. The summed E-state index contributed by atoms with van der Waals surface area (Å²) in [6, 6.07) is 8.14. The highest BCUT2D eigenvalue weighted by Crippen LogP contribution is 2.26. The molecule has 2 aromatic rings. The number of fused-ring (bicyclic) bond motifs is 1. The molecule has 0 unspecified atom stereocenters. The van der Waals surface area contributed by atoms with Crippen LogP contribution in [0, 0.1) is 5.92 Å². The van der Waals surface area contributed by atoms with Gasteiger partial charge in [-0.05, 0) is 36.0 Å². The van der Waals surface area contributed by atoms with Gasteiger partial charge in [-0.2, -0.15) is 0 Å². The molecule has 0 radical (unpaired) electrons. The smallest absolute Gasteiger partial charge is 0.267 e. The molecule has 1 saturated carbocycles. The molecule has 1 fully saturated rings. The van der Waals surface area contributed by atoms with E-state index < -0.39 is 0 Å². The first-order valence-electron chi connectivity index (χ1n) is 10.0. The van der Waals surface area contributed by atoms with Crippen molar-refractivity contribution in [1.29, 1.82) is 0 Å². The molecule has 5 heteroatoms. The van der Waals surface area contributed by atoms with Crippen LogP contribution in [-0.4, -0.2) is 29.9 Å². The Morgan fingerprint density at radius 1 is 1.04 bits per heavy atom. The molecule has 0 aliphatic heterocycles. The summed E-state index contributed by atoms with van der Waals surface area (Å²) in [5, 5.41) is 6.85. The molecule has 1 aliphatic rings. The number of aromatic amines is 1. The molecule has 0 atom stereocenters. The van der Waals surface area contributed by atoms with Gasteiger partial charge in [-0.15, -0.1) is 0 Å². The molecule has 2 amide bonds. The van der Waals surface area contributed by atoms with Crippen molar-refractivity contribution < 1.29 is 9.59 Å². The van der Waals surface area contributed by atoms with E-state index in [1.807, 2.05) is 12.1 Å². The summed E-state index contributed by atoms with van der Waals surface area (Å²) in [4.78, 5) is 27.7. The Bertz CT molecular complexity index is 811. The van der Waals surface area contributed by atoms with Crippen LogP contribution in [0.4, 0.5) is 0 Å². The Kier molecular flexibility index (Phi) is 5.88. The molecule has 0 bridgehead atoms. The van der Waals surface area contributed by atoms with Crippen LogP contribution in [0.1, 0.15) is 68.9 Å². The molecule has 1 aromatic heterocycles. The van der Waals surface area contributed by atoms with Gasteiger partial charge in [0.05, 0.1) is 0 Å². The lowest BCUT2D eigenvalue weighted by molar-refractivity contribution is -0.125. The van der Waals surface area contributed by atoms with Crippen LogP contribution >= 0.6 is 0 Å². The molecule has 1 heterocycles. The Balaban J connectivity index is 1.51. The molecule has 0 saturated heterocycles. The molecule has 3 N–H and O–H groups in total. The fourth-order valence-electron chi connectivity index (χ4n) is 3.68. The quantitative estimate of drug-likeness (QED) is 0.700. The summed E-state index contributed by atoms with van der Waals surface area (Å²) < 4.78 is 0. The van der Waals surface area contributed by atoms with Crippen LogP contribution in [0.2, 0.25) is 0 Å². The van der Waals surface area contributed by atoms with E-state index in [9.17, 15) is 9.59 Å². The monoisotopic (exact) mass is 369 g/mol. The van der Waals surface area contributed by atoms with Crippen molar-refractivity contribution in [2.75, 3.05) is 13.1 Å². The van der Waals surface area contributed by atoms with Gasteiger partial charge >= 0.3 is 0 Å². The maximum atomic E-state index is 12.4. The van der Waals surface area contributed by atoms with Gasteiger partial charge in [0.2, 0.25) is 5.91 Å². The Morgan fingerprint density at radius 3 is 2.44 bits per heavy atom. The largest absolute Gasteiger partial charge is 0.354 e. The summed E-state index contributed by atoms with van der Waals surface area (Å²) in [5.74, 6) is 0.139. The van der Waals surface area contributed by atoms with Crippen LogP contribution in [0.15, 0.2) is 24.3 Å². The summed E-state index contributed by atoms with van der Waals surface area (Å²) in [5.41, 5.74) is 2.82. The third kappa shape index (κ3) is 4.90. The second-order valence-electron chi connectivity index (χ2n) is 8.62. The number of carbonyl (C=O) groups excluding carboxylic acids is 2. The normalized spacial score (nSPS) is 15.7. The number of benzene rings is 1. The van der Waals surface area contributed by atoms with Crippen LogP contribution < -0.4 is 10.6 Å². The summed E-state index contributed by atoms with van der Waals surface area (Å²) in [7, 11) is 0. The number of H-pyrrole nitrogens is 1. The van der Waals surface area contributed by atoms with Gasteiger partial charge in [0.25, 0.3) is 5.91 Å². The van der Waals surface area contributed by atoms with E-state index in [0.29, 0.717) is 18.8 Å². The van der Waals surface area contributed by atoms with E-state index in [-0.39, 0.29) is 23.1 Å². The average Bonchev–Trinajstić information content (AvgIpc) is 3.08. The fraction of sp³-hybridized carbons (Fsp3) is 0.545. The zero-order valence-electron chi connectivity index (χ0n) is 16.7. The number of hydrogen-bond donors (Lipinski definition) is 3. The lowest BCUT2D eigenvalue weighted by atomic mass is 9.87. The van der Waals surface area contributed by atoms with E-state index >= 15 is 0 Å². The van der Waals surface area contributed by atoms with Crippen LogP contribution in [0.25, 0.3) is 10.9 Å². The van der Waals surface area contributed by atoms with Crippen molar-refractivity contribution in [2.24, 2.45) is 5.92 Å². The standard InChI is InChI=1S/C22H31N3O2/c1-22(2,3)17-10-9-16-13-19(25-18(16)14-17)21(27)24-12-11-23-20(26)15-7-5-4-6-8-15/h9-10,13-15,25H,4-8,11-12H2,1-3H3,(H,23,26)(H,24,27). The van der Waals surface area contributed by atoms with Crippen molar-refractivity contribution in [3.63, 3.8) is 0 Å². The van der Waals surface area contributed by atoms with E-state index in [0.717, 1.165) is 36.6 Å². The molecule has 1 aliphatic carbocycles. The lowest BCUT2D eigenvalue weighted by Gasteiger charge is -2.20. The Labute approximate surface area is 161 Å². The second-order valence-corrected chi connectivity index (χ2v) is 8.62. The van der Waals surface area contributed by atoms with Gasteiger partial charge in [-0.3, -0.25) is 9.59 Å². The first-order valence-corrected chi connectivity index (χ1v) is 10.0. The minimum atomic E-state index is -0.143. The van der Waals surface area contributed by atoms with Gasteiger partial charge in [0, 0.05) is 29.9 Å². The first-order chi connectivity index (χ1) is 12.8. The highest BCUT2D eigenvalue weighted by atomic mass is 16.2. The van der Waals surface area contributed by atoms with Crippen molar-refractivity contribution in [3.05, 3.63) is 35.5 Å². The molecule has 27 heavy (non-hydrogen) atoms. The van der Waals surface area contributed by atoms with Crippen LogP contribution in [0.5, 0.6) is 0 Å². The Morgan fingerprint density at radius 2 is 1.74 bits per heavy atom. The zero-order valence-corrected chi connectivity index (χ0v) is 16.7. The van der Waals surface area contributed by atoms with Crippen molar-refractivity contribution in [3.8, 4) is 0 Å². The van der Waals surface area contributed by atoms with Gasteiger partial charge < -0.3 is 15.6 Å². The highest BCUT2D eigenvalue weighted by Gasteiger charge is 2.20. The van der Waals surface area contributed by atoms with Crippen LogP contribution in [0.3, 0.4) is 0 Å². The molecule has 3 rings (SSSR count). The fourth-order valence-corrected chi connectivity index (χ4v) is 3.68. The molecule has 5 nitrogen and oxygen atoms in total. The summed E-state index contributed by atoms with van der Waals surface area (Å²) >= 11 is 0. The van der Waals surface area contributed by atoms with E-state index in [1.165, 1.54) is 12.0 Å². The minimum Gasteiger partial charge on any atom is -0.354 e. The molecular weight excluding hydrogens is 338 g/mol. The van der Waals surface area contributed by atoms with E-state index in [1.54, 1.807) is 0 Å². The summed E-state index contributed by atoms with van der Waals surface area (Å²) in [6.45, 7) is 7.42. The number of rotatable bonds is 5. The topological polar surface area (TPSA) is 74.0 Å². The third-order valence-electron chi connectivity index (χ3n) is 5.42.